The lowest BCUT2D eigenvalue weighted by atomic mass is 9.73. The Hall–Kier alpha value is -2.15. The van der Waals surface area contributed by atoms with Gasteiger partial charge in [0.05, 0.1) is 0 Å². The largest absolute Gasteiger partial charge is 0.385 e. The van der Waals surface area contributed by atoms with Gasteiger partial charge in [0, 0.05) is 63.5 Å². The van der Waals surface area contributed by atoms with E-state index in [2.05, 4.69) is 4.98 Å². The summed E-state index contributed by atoms with van der Waals surface area (Å²) in [4.78, 5) is 33.0. The number of carbonyl (C=O) groups is 2. The zero-order chi connectivity index (χ0) is 18.6. The lowest BCUT2D eigenvalue weighted by Gasteiger charge is -2.48. The van der Waals surface area contributed by atoms with Crippen molar-refractivity contribution < 1.29 is 14.3 Å². The Labute approximate surface area is 154 Å². The molecule has 0 aromatic carbocycles. The molecule has 2 fully saturated rings. The highest BCUT2D eigenvalue weighted by atomic mass is 16.5. The number of methoxy groups -OCH3 is 1. The second-order valence-electron chi connectivity index (χ2n) is 7.46. The molecule has 7 nitrogen and oxygen atoms in total. The number of pyridine rings is 1. The van der Waals surface area contributed by atoms with E-state index in [1.807, 2.05) is 9.80 Å². The maximum Gasteiger partial charge on any atom is 0.254 e. The minimum Gasteiger partial charge on any atom is -0.385 e. The molecule has 0 saturated carbocycles. The monoisotopic (exact) mass is 360 g/mol. The summed E-state index contributed by atoms with van der Waals surface area (Å²) in [6, 6.07) is 3.34. The predicted octanol–water partition coefficient (Wildman–Crippen LogP) is 1.55. The maximum atomic E-state index is 12.9. The quantitative estimate of drug-likeness (QED) is 0.805. The second-order valence-corrected chi connectivity index (χ2v) is 7.46. The number of nitrogens with two attached hydrogens (primary N) is 1. The molecule has 3 rings (SSSR count). The number of rotatable bonds is 5. The van der Waals surface area contributed by atoms with E-state index >= 15 is 0 Å². The summed E-state index contributed by atoms with van der Waals surface area (Å²) in [7, 11) is 1.68. The van der Waals surface area contributed by atoms with Crippen molar-refractivity contribution in [3.05, 3.63) is 23.9 Å². The van der Waals surface area contributed by atoms with Crippen molar-refractivity contribution in [1.29, 1.82) is 0 Å². The first-order valence-electron chi connectivity index (χ1n) is 9.30. The molecule has 1 aromatic rings. The molecule has 3 heterocycles. The zero-order valence-corrected chi connectivity index (χ0v) is 15.4. The summed E-state index contributed by atoms with van der Waals surface area (Å²) >= 11 is 0. The highest BCUT2D eigenvalue weighted by Gasteiger charge is 2.42. The van der Waals surface area contributed by atoms with Gasteiger partial charge >= 0.3 is 0 Å². The summed E-state index contributed by atoms with van der Waals surface area (Å²) in [6.07, 6.45) is 5.86. The molecule has 1 aromatic heterocycles. The number of hydrogen-bond acceptors (Lipinski definition) is 5. The molecule has 26 heavy (non-hydrogen) atoms. The fourth-order valence-corrected chi connectivity index (χ4v) is 4.18. The molecule has 2 saturated heterocycles. The van der Waals surface area contributed by atoms with Crippen LogP contribution in [0.15, 0.2) is 18.3 Å². The van der Waals surface area contributed by atoms with Crippen LogP contribution in [0.4, 0.5) is 5.82 Å². The molecule has 0 radical (unpaired) electrons. The molecule has 7 heteroatoms. The van der Waals surface area contributed by atoms with Crippen molar-refractivity contribution in [2.24, 2.45) is 5.41 Å². The predicted molar refractivity (Wildman–Crippen MR) is 98.5 cm³/mol. The fraction of sp³-hybridized carbons (Fsp3) is 0.632. The van der Waals surface area contributed by atoms with Gasteiger partial charge in [0.25, 0.3) is 5.91 Å². The van der Waals surface area contributed by atoms with Crippen LogP contribution in [0, 0.1) is 5.41 Å². The number of hydrogen-bond donors (Lipinski definition) is 1. The van der Waals surface area contributed by atoms with E-state index in [1.54, 1.807) is 25.4 Å². The molecular weight excluding hydrogens is 332 g/mol. The minimum atomic E-state index is 0.000933. The summed E-state index contributed by atoms with van der Waals surface area (Å²) < 4.78 is 5.11. The molecule has 1 unspecified atom stereocenters. The zero-order valence-electron chi connectivity index (χ0n) is 15.4. The number of carbonyl (C=O) groups excluding carboxylic acids is 2. The minimum absolute atomic E-state index is 0.000933. The van der Waals surface area contributed by atoms with Crippen molar-refractivity contribution in [2.75, 3.05) is 45.6 Å². The Kier molecular flexibility index (Phi) is 5.76. The van der Waals surface area contributed by atoms with Gasteiger partial charge in [-0.05, 0) is 37.8 Å². The average molecular weight is 360 g/mol. The maximum absolute atomic E-state index is 12.9. The molecule has 0 bridgehead atoms. The summed E-state index contributed by atoms with van der Waals surface area (Å²) in [5.41, 5.74) is 6.31. The van der Waals surface area contributed by atoms with Crippen LogP contribution in [0.25, 0.3) is 0 Å². The van der Waals surface area contributed by atoms with Crippen LogP contribution in [-0.4, -0.2) is 66.5 Å². The highest BCUT2D eigenvalue weighted by Crippen LogP contribution is 2.39. The Morgan fingerprint density at radius 2 is 2.23 bits per heavy atom. The Bertz CT molecular complexity index is 666. The summed E-state index contributed by atoms with van der Waals surface area (Å²) in [6.45, 7) is 3.56. The molecule has 1 atom stereocenters. The van der Waals surface area contributed by atoms with E-state index in [1.165, 1.54) is 0 Å². The third-order valence-electron chi connectivity index (χ3n) is 5.50. The van der Waals surface area contributed by atoms with Gasteiger partial charge in [-0.1, -0.05) is 0 Å². The molecule has 2 N–H and O–H groups in total. The third-order valence-corrected chi connectivity index (χ3v) is 5.50. The van der Waals surface area contributed by atoms with Crippen LogP contribution < -0.4 is 5.73 Å². The summed E-state index contributed by atoms with van der Waals surface area (Å²) in [5.74, 6) is 0.577. The topological polar surface area (TPSA) is 88.8 Å². The van der Waals surface area contributed by atoms with E-state index in [4.69, 9.17) is 10.5 Å². The van der Waals surface area contributed by atoms with Crippen LogP contribution >= 0.6 is 0 Å². The Morgan fingerprint density at radius 1 is 1.38 bits per heavy atom. The smallest absolute Gasteiger partial charge is 0.254 e. The number of amides is 2. The molecule has 2 amide bonds. The van der Waals surface area contributed by atoms with Gasteiger partial charge in [0.15, 0.2) is 0 Å². The van der Waals surface area contributed by atoms with Crippen LogP contribution in [0.2, 0.25) is 0 Å². The molecule has 2 aliphatic rings. The molecular formula is C19H28N4O3. The number of anilines is 1. The standard InChI is InChI=1S/C19H28N4O3/c1-26-11-3-10-22-13-19(7-4-17(22)24)6-2-9-23(14-19)18(25)15-5-8-21-16(20)12-15/h5,8,12H,2-4,6-7,9-11,13-14H2,1H3,(H2,20,21). The molecule has 2 aliphatic heterocycles. The number of likely N-dealkylation sites (tertiary alicyclic amines) is 2. The average Bonchev–Trinajstić information content (AvgIpc) is 2.64. The third kappa shape index (κ3) is 4.15. The van der Waals surface area contributed by atoms with Crippen molar-refractivity contribution in [3.8, 4) is 0 Å². The number of nitrogen functional groups attached to an aromatic ring is 1. The van der Waals surface area contributed by atoms with Gasteiger partial charge in [0.1, 0.15) is 5.82 Å². The first-order chi connectivity index (χ1) is 12.5. The van der Waals surface area contributed by atoms with Crippen LogP contribution in [0.3, 0.4) is 0 Å². The van der Waals surface area contributed by atoms with Crippen molar-refractivity contribution in [1.82, 2.24) is 14.8 Å². The normalized spacial score (nSPS) is 23.5. The highest BCUT2D eigenvalue weighted by molar-refractivity contribution is 5.94. The SMILES string of the molecule is COCCCN1CC2(CCCN(C(=O)c3ccnc(N)c3)C2)CCC1=O. The lowest BCUT2D eigenvalue weighted by Crippen LogP contribution is -2.55. The van der Waals surface area contributed by atoms with E-state index in [0.717, 1.165) is 45.3 Å². The number of piperidine rings is 2. The van der Waals surface area contributed by atoms with Crippen LogP contribution in [0.5, 0.6) is 0 Å². The van der Waals surface area contributed by atoms with Gasteiger partial charge in [0.2, 0.25) is 5.91 Å². The Morgan fingerprint density at radius 3 is 3.00 bits per heavy atom. The van der Waals surface area contributed by atoms with Crippen molar-refractivity contribution in [2.45, 2.75) is 32.1 Å². The number of aromatic nitrogens is 1. The van der Waals surface area contributed by atoms with E-state index in [0.29, 0.717) is 31.0 Å². The first-order valence-corrected chi connectivity index (χ1v) is 9.30. The van der Waals surface area contributed by atoms with Gasteiger partial charge in [-0.3, -0.25) is 9.59 Å². The number of ether oxygens (including phenoxy) is 1. The molecule has 0 aliphatic carbocycles. The fourth-order valence-electron chi connectivity index (χ4n) is 4.18. The van der Waals surface area contributed by atoms with Gasteiger partial charge < -0.3 is 20.3 Å². The Balaban J connectivity index is 1.68. The number of nitrogens with zero attached hydrogens (tertiary/aromatic N) is 3. The van der Waals surface area contributed by atoms with Gasteiger partial charge in [-0.15, -0.1) is 0 Å². The summed E-state index contributed by atoms with van der Waals surface area (Å²) in [5, 5.41) is 0. The molecule has 142 valence electrons. The lowest BCUT2D eigenvalue weighted by molar-refractivity contribution is -0.139. The first kappa shape index (κ1) is 18.6. The second kappa shape index (κ2) is 8.03. The van der Waals surface area contributed by atoms with Crippen LogP contribution in [0.1, 0.15) is 42.5 Å². The van der Waals surface area contributed by atoms with Gasteiger partial charge in [-0.2, -0.15) is 0 Å². The van der Waals surface area contributed by atoms with E-state index < -0.39 is 0 Å². The van der Waals surface area contributed by atoms with E-state index in [-0.39, 0.29) is 17.2 Å². The van der Waals surface area contributed by atoms with Crippen LogP contribution in [-0.2, 0) is 9.53 Å². The van der Waals surface area contributed by atoms with E-state index in [9.17, 15) is 9.59 Å². The van der Waals surface area contributed by atoms with Crippen molar-refractivity contribution in [3.63, 3.8) is 0 Å². The van der Waals surface area contributed by atoms with Crippen molar-refractivity contribution >= 4 is 17.6 Å². The van der Waals surface area contributed by atoms with Gasteiger partial charge in [-0.25, -0.2) is 4.98 Å². The molecule has 1 spiro atoms.